The second-order valence-corrected chi connectivity index (χ2v) is 5.27. The van der Waals surface area contributed by atoms with Gasteiger partial charge in [0.2, 0.25) is 0 Å². The van der Waals surface area contributed by atoms with E-state index in [0.717, 1.165) is 0 Å². The predicted octanol–water partition coefficient (Wildman–Crippen LogP) is 2.00. The highest BCUT2D eigenvalue weighted by atomic mass is 35.5. The summed E-state index contributed by atoms with van der Waals surface area (Å²) in [5.41, 5.74) is 0.315. The van der Waals surface area contributed by atoms with E-state index in [-0.39, 0.29) is 18.6 Å². The van der Waals surface area contributed by atoms with Crippen molar-refractivity contribution in [2.75, 3.05) is 6.61 Å². The number of esters is 1. The monoisotopic (exact) mass is 286 g/mol. The molecule has 1 atom stereocenters. The molecule has 1 aromatic heterocycles. The maximum atomic E-state index is 11.7. The van der Waals surface area contributed by atoms with E-state index in [1.165, 1.54) is 6.07 Å². The fourth-order valence-electron chi connectivity index (χ4n) is 1.39. The Hall–Kier alpha value is -1.49. The fraction of sp³-hybridized carbons (Fsp3) is 0.538. The fourth-order valence-corrected chi connectivity index (χ4v) is 1.64. The lowest BCUT2D eigenvalue weighted by atomic mass is 10.1. The van der Waals surface area contributed by atoms with E-state index < -0.39 is 5.97 Å². The maximum Gasteiger partial charge on any atom is 0.355 e. The van der Waals surface area contributed by atoms with Gasteiger partial charge in [0.15, 0.2) is 6.61 Å². The number of aryl methyl sites for hydroxylation is 1. The minimum absolute atomic E-state index is 0.0377. The number of rotatable bonds is 5. The van der Waals surface area contributed by atoms with Gasteiger partial charge in [-0.3, -0.25) is 4.79 Å². The van der Waals surface area contributed by atoms with E-state index >= 15 is 0 Å². The van der Waals surface area contributed by atoms with Crippen molar-refractivity contribution in [2.24, 2.45) is 13.0 Å². The molecule has 0 aliphatic rings. The van der Waals surface area contributed by atoms with Crippen LogP contribution >= 0.6 is 11.6 Å². The van der Waals surface area contributed by atoms with Crippen molar-refractivity contribution >= 4 is 23.5 Å². The summed E-state index contributed by atoms with van der Waals surface area (Å²) in [6.45, 7) is 5.62. The molecule has 0 aliphatic heterocycles. The van der Waals surface area contributed by atoms with Crippen LogP contribution in [0.2, 0.25) is 5.02 Å². The van der Waals surface area contributed by atoms with Crippen molar-refractivity contribution in [2.45, 2.75) is 26.8 Å². The molecule has 1 aromatic rings. The van der Waals surface area contributed by atoms with Gasteiger partial charge in [0.1, 0.15) is 5.69 Å². The Morgan fingerprint density at radius 3 is 2.53 bits per heavy atom. The summed E-state index contributed by atoms with van der Waals surface area (Å²) in [5.74, 6) is -0.553. The molecule has 0 radical (unpaired) electrons. The Morgan fingerprint density at radius 1 is 1.42 bits per heavy atom. The van der Waals surface area contributed by atoms with Crippen molar-refractivity contribution in [1.29, 1.82) is 0 Å². The van der Waals surface area contributed by atoms with Crippen LogP contribution in [0.3, 0.4) is 0 Å². The smallest absolute Gasteiger partial charge is 0.355 e. The molecule has 0 spiro atoms. The Bertz CT molecular complexity index is 468. The summed E-state index contributed by atoms with van der Waals surface area (Å²) in [5, 5.41) is 3.21. The Balaban J connectivity index is 2.47. The maximum absolute atomic E-state index is 11.7. The Morgan fingerprint density at radius 2 is 2.05 bits per heavy atom. The number of halogens is 1. The average molecular weight is 287 g/mol. The molecule has 1 rings (SSSR count). The largest absolute Gasteiger partial charge is 0.451 e. The molecule has 1 amide bonds. The molecule has 5 nitrogen and oxygen atoms in total. The van der Waals surface area contributed by atoms with Gasteiger partial charge in [-0.2, -0.15) is 0 Å². The van der Waals surface area contributed by atoms with Crippen LogP contribution in [0.15, 0.2) is 12.3 Å². The highest BCUT2D eigenvalue weighted by Gasteiger charge is 2.16. The highest BCUT2D eigenvalue weighted by Crippen LogP contribution is 2.13. The van der Waals surface area contributed by atoms with Crippen molar-refractivity contribution in [3.63, 3.8) is 0 Å². The lowest BCUT2D eigenvalue weighted by Crippen LogP contribution is -2.38. The zero-order chi connectivity index (χ0) is 14.6. The predicted molar refractivity (Wildman–Crippen MR) is 73.1 cm³/mol. The molecule has 1 heterocycles. The van der Waals surface area contributed by atoms with Crippen LogP contribution in [-0.2, 0) is 16.6 Å². The normalized spacial score (nSPS) is 12.3. The quantitative estimate of drug-likeness (QED) is 0.842. The Kier molecular flexibility index (Phi) is 5.42. The van der Waals surface area contributed by atoms with Gasteiger partial charge in [-0.1, -0.05) is 25.4 Å². The van der Waals surface area contributed by atoms with Gasteiger partial charge in [-0.15, -0.1) is 0 Å². The molecule has 6 heteroatoms. The minimum atomic E-state index is -0.568. The van der Waals surface area contributed by atoms with Crippen LogP contribution in [0.4, 0.5) is 0 Å². The molecular formula is C13H19ClN2O3. The number of hydrogen-bond acceptors (Lipinski definition) is 3. The standard InChI is InChI=1S/C13H19ClN2O3/c1-8(2)9(3)15-12(17)7-19-13(18)11-5-10(14)6-16(11)4/h5-6,8-9H,7H2,1-4H3,(H,15,17)/t9-/m1/s1. The van der Waals surface area contributed by atoms with Crippen LogP contribution < -0.4 is 5.32 Å². The molecule has 19 heavy (non-hydrogen) atoms. The number of aromatic nitrogens is 1. The molecule has 106 valence electrons. The second kappa shape index (κ2) is 6.61. The molecule has 0 unspecified atom stereocenters. The third kappa shape index (κ3) is 4.59. The van der Waals surface area contributed by atoms with E-state index in [2.05, 4.69) is 5.32 Å². The van der Waals surface area contributed by atoms with Gasteiger partial charge in [0.05, 0.1) is 5.02 Å². The summed E-state index contributed by atoms with van der Waals surface area (Å²) < 4.78 is 6.49. The number of carbonyl (C=O) groups excluding carboxylic acids is 2. The van der Waals surface area contributed by atoms with Crippen molar-refractivity contribution in [3.05, 3.63) is 23.0 Å². The van der Waals surface area contributed by atoms with Crippen LogP contribution in [0.25, 0.3) is 0 Å². The van der Waals surface area contributed by atoms with Gasteiger partial charge in [-0.05, 0) is 18.9 Å². The third-order valence-electron chi connectivity index (χ3n) is 2.90. The SMILES string of the molecule is CC(C)[C@@H](C)NC(=O)COC(=O)c1cc(Cl)cn1C. The zero-order valence-corrected chi connectivity index (χ0v) is 12.3. The van der Waals surface area contributed by atoms with Gasteiger partial charge in [-0.25, -0.2) is 4.79 Å². The topological polar surface area (TPSA) is 60.3 Å². The van der Waals surface area contributed by atoms with Crippen LogP contribution in [0.1, 0.15) is 31.3 Å². The number of carbonyl (C=O) groups is 2. The molecule has 0 fully saturated rings. The van der Waals surface area contributed by atoms with Gasteiger partial charge < -0.3 is 14.6 Å². The number of amides is 1. The van der Waals surface area contributed by atoms with Crippen LogP contribution in [0.5, 0.6) is 0 Å². The lowest BCUT2D eigenvalue weighted by Gasteiger charge is -2.17. The molecule has 0 saturated carbocycles. The first-order valence-corrected chi connectivity index (χ1v) is 6.47. The summed E-state index contributed by atoms with van der Waals surface area (Å²) in [7, 11) is 1.68. The number of nitrogens with zero attached hydrogens (tertiary/aromatic N) is 1. The first kappa shape index (κ1) is 15.6. The third-order valence-corrected chi connectivity index (χ3v) is 3.11. The summed E-state index contributed by atoms with van der Waals surface area (Å²) in [6.07, 6.45) is 1.60. The molecule has 0 aliphatic carbocycles. The van der Waals surface area contributed by atoms with Gasteiger partial charge in [0, 0.05) is 19.3 Å². The first-order chi connectivity index (χ1) is 8.81. The first-order valence-electron chi connectivity index (χ1n) is 6.09. The molecule has 0 saturated heterocycles. The second-order valence-electron chi connectivity index (χ2n) is 4.83. The van der Waals surface area contributed by atoms with Gasteiger partial charge >= 0.3 is 5.97 Å². The van der Waals surface area contributed by atoms with Crippen LogP contribution in [-0.4, -0.2) is 29.1 Å². The van der Waals surface area contributed by atoms with Crippen molar-refractivity contribution < 1.29 is 14.3 Å². The van der Waals surface area contributed by atoms with Gasteiger partial charge in [0.25, 0.3) is 5.91 Å². The molecular weight excluding hydrogens is 268 g/mol. The highest BCUT2D eigenvalue weighted by molar-refractivity contribution is 6.30. The van der Waals surface area contributed by atoms with E-state index in [0.29, 0.717) is 16.6 Å². The van der Waals surface area contributed by atoms with E-state index in [9.17, 15) is 9.59 Å². The summed E-state index contributed by atoms with van der Waals surface area (Å²) in [4.78, 5) is 23.3. The summed E-state index contributed by atoms with van der Waals surface area (Å²) >= 11 is 5.77. The Labute approximate surface area is 117 Å². The number of nitrogens with one attached hydrogen (secondary N) is 1. The van der Waals surface area contributed by atoms with Crippen molar-refractivity contribution in [3.8, 4) is 0 Å². The van der Waals surface area contributed by atoms with E-state index in [4.69, 9.17) is 16.3 Å². The zero-order valence-electron chi connectivity index (χ0n) is 11.6. The van der Waals surface area contributed by atoms with Crippen LogP contribution in [0, 0.1) is 5.92 Å². The number of ether oxygens (including phenoxy) is 1. The molecule has 0 bridgehead atoms. The summed E-state index contributed by atoms with van der Waals surface area (Å²) in [6, 6.07) is 1.54. The average Bonchev–Trinajstić information content (AvgIpc) is 2.65. The lowest BCUT2D eigenvalue weighted by molar-refractivity contribution is -0.125. The van der Waals surface area contributed by atoms with E-state index in [1.807, 2.05) is 20.8 Å². The van der Waals surface area contributed by atoms with Crippen molar-refractivity contribution in [1.82, 2.24) is 9.88 Å². The van der Waals surface area contributed by atoms with E-state index in [1.54, 1.807) is 17.8 Å². The molecule has 1 N–H and O–H groups in total. The minimum Gasteiger partial charge on any atom is -0.451 e. The number of hydrogen-bond donors (Lipinski definition) is 1. The molecule has 0 aromatic carbocycles.